The first-order valence-corrected chi connectivity index (χ1v) is 10.3. The Bertz CT molecular complexity index is 1100. The zero-order chi connectivity index (χ0) is 22.2. The number of aryl methyl sites for hydroxylation is 1. The summed E-state index contributed by atoms with van der Waals surface area (Å²) in [5, 5.41) is 1.000. The van der Waals surface area contributed by atoms with Crippen LogP contribution in [0.2, 0.25) is 0 Å². The number of benzene rings is 2. The van der Waals surface area contributed by atoms with Gasteiger partial charge in [0.1, 0.15) is 24.4 Å². The number of nitrogens with zero attached hydrogens (tertiary/aromatic N) is 1. The summed E-state index contributed by atoms with van der Waals surface area (Å²) in [5.74, 6) is 0.641. The molecule has 0 unspecified atom stereocenters. The quantitative estimate of drug-likeness (QED) is 0.424. The van der Waals surface area contributed by atoms with E-state index >= 15 is 0 Å². The standard InChI is InChI=1S/C24H24F3NO3/c1-15(2)31-23-6-3-16(11-20(23)24(25,26)27)14-30-19-4-5-21-18(12-19)13-22-17(8-10-29)7-9-28(21)22/h3-6,10-13,15,17H,7-9,14H2,1-2H3/t17-/m1/s1. The summed E-state index contributed by atoms with van der Waals surface area (Å²) < 4.78 is 53.6. The maximum absolute atomic E-state index is 13.4. The van der Waals surface area contributed by atoms with E-state index in [1.807, 2.05) is 18.2 Å². The van der Waals surface area contributed by atoms with E-state index in [0.29, 0.717) is 17.7 Å². The molecular formula is C24H24F3NO3. The molecule has 4 nitrogen and oxygen atoms in total. The van der Waals surface area contributed by atoms with Gasteiger partial charge in [0, 0.05) is 35.5 Å². The van der Waals surface area contributed by atoms with Crippen LogP contribution in [-0.4, -0.2) is 17.0 Å². The molecule has 0 saturated heterocycles. The fourth-order valence-electron chi connectivity index (χ4n) is 4.15. The van der Waals surface area contributed by atoms with Gasteiger partial charge < -0.3 is 18.8 Å². The lowest BCUT2D eigenvalue weighted by Gasteiger charge is -2.17. The van der Waals surface area contributed by atoms with Gasteiger partial charge in [0.05, 0.1) is 11.7 Å². The van der Waals surface area contributed by atoms with Crippen molar-refractivity contribution < 1.29 is 27.4 Å². The zero-order valence-electron chi connectivity index (χ0n) is 17.4. The van der Waals surface area contributed by atoms with Crippen LogP contribution in [0.3, 0.4) is 0 Å². The van der Waals surface area contributed by atoms with E-state index in [-0.39, 0.29) is 24.4 Å². The molecule has 3 aromatic rings. The zero-order valence-corrected chi connectivity index (χ0v) is 17.4. The van der Waals surface area contributed by atoms with Crippen LogP contribution < -0.4 is 9.47 Å². The van der Waals surface area contributed by atoms with Crippen molar-refractivity contribution in [2.75, 3.05) is 0 Å². The van der Waals surface area contributed by atoms with Gasteiger partial charge in [-0.3, -0.25) is 0 Å². The molecule has 1 aromatic heterocycles. The molecule has 0 fully saturated rings. The van der Waals surface area contributed by atoms with E-state index in [9.17, 15) is 18.0 Å². The normalized spacial score (nSPS) is 16.0. The molecule has 1 aliphatic heterocycles. The first-order valence-electron chi connectivity index (χ1n) is 10.3. The van der Waals surface area contributed by atoms with Gasteiger partial charge in [-0.2, -0.15) is 13.2 Å². The first kappa shape index (κ1) is 21.3. The molecule has 4 rings (SSSR count). The van der Waals surface area contributed by atoms with Gasteiger partial charge in [-0.1, -0.05) is 6.07 Å². The first-order chi connectivity index (χ1) is 14.8. The van der Waals surface area contributed by atoms with Crippen LogP contribution in [0.15, 0.2) is 42.5 Å². The van der Waals surface area contributed by atoms with Gasteiger partial charge in [0.15, 0.2) is 0 Å². The molecule has 1 aliphatic rings. The molecule has 2 aromatic carbocycles. The van der Waals surface area contributed by atoms with Gasteiger partial charge in [0.2, 0.25) is 0 Å². The van der Waals surface area contributed by atoms with Crippen LogP contribution in [0.5, 0.6) is 11.5 Å². The Morgan fingerprint density at radius 1 is 1.16 bits per heavy atom. The van der Waals surface area contributed by atoms with E-state index in [4.69, 9.17) is 9.47 Å². The summed E-state index contributed by atoms with van der Waals surface area (Å²) >= 11 is 0. The summed E-state index contributed by atoms with van der Waals surface area (Å²) in [7, 11) is 0. The van der Waals surface area contributed by atoms with Gasteiger partial charge in [0.25, 0.3) is 0 Å². The highest BCUT2D eigenvalue weighted by Gasteiger charge is 2.35. The van der Waals surface area contributed by atoms with E-state index in [1.165, 1.54) is 6.07 Å². The number of carbonyl (C=O) groups excluding carboxylic acids is 1. The van der Waals surface area contributed by atoms with Gasteiger partial charge in [-0.15, -0.1) is 0 Å². The third-order valence-corrected chi connectivity index (χ3v) is 5.52. The smallest absolute Gasteiger partial charge is 0.419 e. The topological polar surface area (TPSA) is 40.5 Å². The lowest BCUT2D eigenvalue weighted by atomic mass is 10.0. The molecule has 164 valence electrons. The number of rotatable bonds is 7. The molecule has 0 saturated carbocycles. The lowest BCUT2D eigenvalue weighted by molar-refractivity contribution is -0.139. The number of hydrogen-bond acceptors (Lipinski definition) is 3. The minimum absolute atomic E-state index is 0.0118. The van der Waals surface area contributed by atoms with Gasteiger partial charge in [-0.05, 0) is 62.2 Å². The highest BCUT2D eigenvalue weighted by atomic mass is 19.4. The number of fused-ring (bicyclic) bond motifs is 3. The van der Waals surface area contributed by atoms with Crippen molar-refractivity contribution >= 4 is 17.2 Å². The van der Waals surface area contributed by atoms with Crippen LogP contribution in [0.1, 0.15) is 49.4 Å². The summed E-state index contributed by atoms with van der Waals surface area (Å²) in [6.45, 7) is 4.26. The minimum atomic E-state index is -4.51. The number of carbonyl (C=O) groups is 1. The van der Waals surface area contributed by atoms with Crippen molar-refractivity contribution in [3.63, 3.8) is 0 Å². The van der Waals surface area contributed by atoms with Gasteiger partial charge >= 0.3 is 6.18 Å². The van der Waals surface area contributed by atoms with Crippen LogP contribution in [0.4, 0.5) is 13.2 Å². The molecular weight excluding hydrogens is 407 g/mol. The Morgan fingerprint density at radius 3 is 2.68 bits per heavy atom. The second kappa shape index (κ2) is 8.29. The summed E-state index contributed by atoms with van der Waals surface area (Å²) in [4.78, 5) is 10.9. The second-order valence-electron chi connectivity index (χ2n) is 8.11. The second-order valence-corrected chi connectivity index (χ2v) is 8.11. The maximum Gasteiger partial charge on any atom is 0.419 e. The Hall–Kier alpha value is -2.96. The molecule has 0 amide bonds. The number of halogens is 3. The van der Waals surface area contributed by atoms with Crippen molar-refractivity contribution in [1.82, 2.24) is 4.57 Å². The van der Waals surface area contributed by atoms with Crippen LogP contribution in [-0.2, 0) is 24.1 Å². The summed E-state index contributed by atoms with van der Waals surface area (Å²) in [5.41, 5.74) is 1.83. The molecule has 0 aliphatic carbocycles. The average Bonchev–Trinajstić information content (AvgIpc) is 3.25. The predicted molar refractivity (Wildman–Crippen MR) is 112 cm³/mol. The third-order valence-electron chi connectivity index (χ3n) is 5.52. The molecule has 7 heteroatoms. The van der Waals surface area contributed by atoms with E-state index < -0.39 is 11.7 Å². The highest BCUT2D eigenvalue weighted by Crippen LogP contribution is 2.38. The van der Waals surface area contributed by atoms with E-state index in [0.717, 1.165) is 41.9 Å². The Balaban J connectivity index is 1.53. The van der Waals surface area contributed by atoms with Crippen molar-refractivity contribution in [3.05, 3.63) is 59.3 Å². The van der Waals surface area contributed by atoms with Crippen LogP contribution in [0, 0.1) is 0 Å². The fraction of sp³-hybridized carbons (Fsp3) is 0.375. The highest BCUT2D eigenvalue weighted by molar-refractivity contribution is 5.83. The molecule has 1 atom stereocenters. The number of aromatic nitrogens is 1. The van der Waals surface area contributed by atoms with Gasteiger partial charge in [-0.25, -0.2) is 0 Å². The Morgan fingerprint density at radius 2 is 1.97 bits per heavy atom. The summed E-state index contributed by atoms with van der Waals surface area (Å²) in [6.07, 6.45) is -2.44. The van der Waals surface area contributed by atoms with Crippen molar-refractivity contribution in [3.8, 4) is 11.5 Å². The molecule has 0 bridgehead atoms. The average molecular weight is 431 g/mol. The molecule has 0 N–H and O–H groups in total. The van der Waals surface area contributed by atoms with Crippen molar-refractivity contribution in [1.29, 1.82) is 0 Å². The number of ether oxygens (including phenoxy) is 2. The largest absolute Gasteiger partial charge is 0.490 e. The Labute approximate surface area is 178 Å². The van der Waals surface area contributed by atoms with E-state index in [1.54, 1.807) is 19.9 Å². The molecule has 31 heavy (non-hydrogen) atoms. The monoisotopic (exact) mass is 431 g/mol. The molecule has 0 radical (unpaired) electrons. The van der Waals surface area contributed by atoms with Crippen molar-refractivity contribution in [2.24, 2.45) is 0 Å². The van der Waals surface area contributed by atoms with Crippen LogP contribution in [0.25, 0.3) is 10.9 Å². The number of aldehydes is 1. The lowest BCUT2D eigenvalue weighted by Crippen LogP contribution is -2.13. The van der Waals surface area contributed by atoms with Crippen molar-refractivity contribution in [2.45, 2.75) is 58.0 Å². The minimum Gasteiger partial charge on any atom is -0.490 e. The predicted octanol–water partition coefficient (Wildman–Crippen LogP) is 6.10. The van der Waals surface area contributed by atoms with Crippen LogP contribution >= 0.6 is 0 Å². The molecule has 0 spiro atoms. The maximum atomic E-state index is 13.4. The third kappa shape index (κ3) is 4.40. The number of hydrogen-bond donors (Lipinski definition) is 0. The SMILES string of the molecule is CC(C)Oc1ccc(COc2ccc3c(c2)cc2n3CC[C@@H]2CC=O)cc1C(F)(F)F. The molecule has 2 heterocycles. The Kier molecular flexibility index (Phi) is 5.69. The fourth-order valence-corrected chi connectivity index (χ4v) is 4.15. The summed E-state index contributed by atoms with van der Waals surface area (Å²) in [6, 6.07) is 11.7. The van der Waals surface area contributed by atoms with E-state index in [2.05, 4.69) is 10.6 Å². The number of alkyl halides is 3.